The van der Waals surface area contributed by atoms with Crippen LogP contribution in [0.5, 0.6) is 0 Å². The summed E-state index contributed by atoms with van der Waals surface area (Å²) in [5.74, 6) is -0.324. The molecule has 3 nitrogen and oxygen atoms in total. The fourth-order valence-corrected chi connectivity index (χ4v) is 2.19. The van der Waals surface area contributed by atoms with E-state index < -0.39 is 17.6 Å². The maximum absolute atomic E-state index is 11.7. The number of hydrogen-bond acceptors (Lipinski definition) is 3. The van der Waals surface area contributed by atoms with Gasteiger partial charge in [-0.2, -0.15) is 0 Å². The van der Waals surface area contributed by atoms with Crippen molar-refractivity contribution in [2.75, 3.05) is 0 Å². The number of aliphatic hydroxyl groups is 1. The van der Waals surface area contributed by atoms with Crippen molar-refractivity contribution < 1.29 is 14.6 Å². The third-order valence-corrected chi connectivity index (χ3v) is 3.64. The van der Waals surface area contributed by atoms with Gasteiger partial charge in [-0.25, -0.2) is 0 Å². The minimum absolute atomic E-state index is 0.00285. The van der Waals surface area contributed by atoms with Crippen LogP contribution in [0.4, 0.5) is 0 Å². The Balaban J connectivity index is 2.23. The molecule has 0 aliphatic carbocycles. The summed E-state index contributed by atoms with van der Waals surface area (Å²) in [5, 5.41) is 10.2. The molecule has 3 heteroatoms. The Hall–Kier alpha value is -1.35. The van der Waals surface area contributed by atoms with Crippen LogP contribution >= 0.6 is 0 Å². The summed E-state index contributed by atoms with van der Waals surface area (Å²) < 4.78 is 5.32. The first-order valence-corrected chi connectivity index (χ1v) is 5.88. The number of esters is 1. The van der Waals surface area contributed by atoms with Gasteiger partial charge in [-0.1, -0.05) is 37.3 Å². The third-order valence-electron chi connectivity index (χ3n) is 3.64. The van der Waals surface area contributed by atoms with Crippen molar-refractivity contribution in [2.45, 2.75) is 38.9 Å². The van der Waals surface area contributed by atoms with E-state index >= 15 is 0 Å². The van der Waals surface area contributed by atoms with E-state index in [1.54, 1.807) is 13.8 Å². The number of rotatable bonds is 2. The summed E-state index contributed by atoms with van der Waals surface area (Å²) in [6.07, 6.45) is -1.22. The Morgan fingerprint density at radius 1 is 1.29 bits per heavy atom. The standard InChI is InChI=1S/C14H18O3/c1-9(10-7-5-4-6-8-10)11-12(15)14(2,3)13(16)17-11/h4-9,11-12,15H,1-3H3/t9-,11+,12-/m1/s1. The maximum atomic E-state index is 11.7. The lowest BCUT2D eigenvalue weighted by molar-refractivity contribution is -0.148. The van der Waals surface area contributed by atoms with Crippen LogP contribution in [0, 0.1) is 5.41 Å². The summed E-state index contributed by atoms with van der Waals surface area (Å²) in [4.78, 5) is 11.7. The molecule has 3 atom stereocenters. The monoisotopic (exact) mass is 234 g/mol. The van der Waals surface area contributed by atoms with Crippen molar-refractivity contribution in [1.29, 1.82) is 0 Å². The Bertz CT molecular complexity index is 411. The molecule has 92 valence electrons. The van der Waals surface area contributed by atoms with Gasteiger partial charge in [0.05, 0.1) is 5.41 Å². The lowest BCUT2D eigenvalue weighted by Gasteiger charge is -2.24. The molecule has 0 unspecified atom stereocenters. The highest BCUT2D eigenvalue weighted by molar-refractivity contribution is 5.79. The van der Waals surface area contributed by atoms with E-state index in [-0.39, 0.29) is 11.9 Å². The molecule has 0 radical (unpaired) electrons. The highest BCUT2D eigenvalue weighted by Crippen LogP contribution is 2.39. The number of hydrogen-bond donors (Lipinski definition) is 1. The minimum Gasteiger partial charge on any atom is -0.458 e. The molecular weight excluding hydrogens is 216 g/mol. The predicted octanol–water partition coefficient (Wildman–Crippen LogP) is 2.10. The molecule has 0 saturated carbocycles. The highest BCUT2D eigenvalue weighted by Gasteiger charge is 2.52. The molecule has 1 aromatic carbocycles. The summed E-state index contributed by atoms with van der Waals surface area (Å²) in [7, 11) is 0. The van der Waals surface area contributed by atoms with Gasteiger partial charge in [0, 0.05) is 5.92 Å². The second-order valence-electron chi connectivity index (χ2n) is 5.24. The van der Waals surface area contributed by atoms with Crippen molar-refractivity contribution in [1.82, 2.24) is 0 Å². The van der Waals surface area contributed by atoms with E-state index in [2.05, 4.69) is 0 Å². The van der Waals surface area contributed by atoms with E-state index in [0.29, 0.717) is 0 Å². The third kappa shape index (κ3) is 1.95. The van der Waals surface area contributed by atoms with Crippen molar-refractivity contribution in [3.63, 3.8) is 0 Å². The number of aliphatic hydroxyl groups excluding tert-OH is 1. The summed E-state index contributed by atoms with van der Waals surface area (Å²) >= 11 is 0. The number of cyclic esters (lactones) is 1. The molecule has 1 aliphatic rings. The Morgan fingerprint density at radius 2 is 1.88 bits per heavy atom. The average molecular weight is 234 g/mol. The summed E-state index contributed by atoms with van der Waals surface area (Å²) in [6, 6.07) is 9.80. The molecule has 0 amide bonds. The van der Waals surface area contributed by atoms with Gasteiger partial charge in [0.1, 0.15) is 12.2 Å². The van der Waals surface area contributed by atoms with E-state index in [4.69, 9.17) is 4.74 Å². The van der Waals surface area contributed by atoms with Crippen molar-refractivity contribution in [3.8, 4) is 0 Å². The van der Waals surface area contributed by atoms with Gasteiger partial charge in [-0.05, 0) is 19.4 Å². The first-order valence-electron chi connectivity index (χ1n) is 5.88. The first kappa shape index (κ1) is 12.1. The van der Waals surface area contributed by atoms with Gasteiger partial charge >= 0.3 is 5.97 Å². The van der Waals surface area contributed by atoms with Gasteiger partial charge < -0.3 is 9.84 Å². The SMILES string of the molecule is C[C@H](c1ccccc1)[C@@H]1OC(=O)C(C)(C)[C@@H]1O. The quantitative estimate of drug-likeness (QED) is 0.797. The zero-order chi connectivity index (χ0) is 12.6. The second kappa shape index (κ2) is 4.15. The van der Waals surface area contributed by atoms with Gasteiger partial charge in [-0.15, -0.1) is 0 Å². The number of carbonyl (C=O) groups is 1. The number of ether oxygens (including phenoxy) is 1. The van der Waals surface area contributed by atoms with Gasteiger partial charge in [0.25, 0.3) is 0 Å². The summed E-state index contributed by atoms with van der Waals surface area (Å²) in [6.45, 7) is 5.41. The highest BCUT2D eigenvalue weighted by atomic mass is 16.6. The molecular formula is C14H18O3. The van der Waals surface area contributed by atoms with Crippen LogP contribution in [0.1, 0.15) is 32.3 Å². The molecule has 1 aliphatic heterocycles. The van der Waals surface area contributed by atoms with Crippen molar-refractivity contribution in [2.24, 2.45) is 5.41 Å². The maximum Gasteiger partial charge on any atom is 0.314 e. The second-order valence-corrected chi connectivity index (χ2v) is 5.24. The smallest absolute Gasteiger partial charge is 0.314 e. The fourth-order valence-electron chi connectivity index (χ4n) is 2.19. The van der Waals surface area contributed by atoms with Crippen molar-refractivity contribution >= 4 is 5.97 Å². The van der Waals surface area contributed by atoms with E-state index in [1.807, 2.05) is 37.3 Å². The van der Waals surface area contributed by atoms with Crippen LogP contribution in [0.25, 0.3) is 0 Å². The van der Waals surface area contributed by atoms with E-state index in [0.717, 1.165) is 5.56 Å². The van der Waals surface area contributed by atoms with Crippen LogP contribution in [0.15, 0.2) is 30.3 Å². The zero-order valence-electron chi connectivity index (χ0n) is 10.4. The normalized spacial score (nSPS) is 28.8. The Morgan fingerprint density at radius 3 is 2.35 bits per heavy atom. The molecule has 1 saturated heterocycles. The van der Waals surface area contributed by atoms with Crippen LogP contribution in [0.2, 0.25) is 0 Å². The topological polar surface area (TPSA) is 46.5 Å². The fraction of sp³-hybridized carbons (Fsp3) is 0.500. The molecule has 17 heavy (non-hydrogen) atoms. The number of benzene rings is 1. The first-order chi connectivity index (χ1) is 7.94. The van der Waals surface area contributed by atoms with Gasteiger partial charge in [0.15, 0.2) is 0 Å². The van der Waals surface area contributed by atoms with Crippen LogP contribution in [-0.4, -0.2) is 23.3 Å². The molecule has 1 heterocycles. The zero-order valence-corrected chi connectivity index (χ0v) is 10.4. The van der Waals surface area contributed by atoms with E-state index in [9.17, 15) is 9.90 Å². The lowest BCUT2D eigenvalue weighted by Crippen LogP contribution is -2.36. The molecule has 1 aromatic rings. The minimum atomic E-state index is -0.812. The molecule has 1 N–H and O–H groups in total. The van der Waals surface area contributed by atoms with E-state index in [1.165, 1.54) is 0 Å². The molecule has 0 bridgehead atoms. The molecule has 2 rings (SSSR count). The molecule has 0 spiro atoms. The Labute approximate surface area is 101 Å². The van der Waals surface area contributed by atoms with Crippen molar-refractivity contribution in [3.05, 3.63) is 35.9 Å². The lowest BCUT2D eigenvalue weighted by atomic mass is 9.81. The van der Waals surface area contributed by atoms with Gasteiger partial charge in [0.2, 0.25) is 0 Å². The van der Waals surface area contributed by atoms with Gasteiger partial charge in [-0.3, -0.25) is 4.79 Å². The summed E-state index contributed by atoms with van der Waals surface area (Å²) in [5.41, 5.74) is 0.260. The Kier molecular flexibility index (Phi) is 2.96. The average Bonchev–Trinajstić information content (AvgIpc) is 2.53. The predicted molar refractivity (Wildman–Crippen MR) is 64.5 cm³/mol. The van der Waals surface area contributed by atoms with Crippen LogP contribution in [0.3, 0.4) is 0 Å². The van der Waals surface area contributed by atoms with Crippen LogP contribution in [-0.2, 0) is 9.53 Å². The molecule has 0 aromatic heterocycles. The van der Waals surface area contributed by atoms with Crippen LogP contribution < -0.4 is 0 Å². The number of carbonyl (C=O) groups excluding carboxylic acids is 1. The largest absolute Gasteiger partial charge is 0.458 e. The molecule has 1 fully saturated rings.